The average Bonchev–Trinajstić information content (AvgIpc) is 3.17. The molecule has 0 spiro atoms. The first-order valence-electron chi connectivity index (χ1n) is 11.5. The highest BCUT2D eigenvalue weighted by molar-refractivity contribution is 5.79. The number of hydrogen-bond acceptors (Lipinski definition) is 3. The number of ether oxygens (including phenoxy) is 2. The van der Waals surface area contributed by atoms with Gasteiger partial charge in [0.1, 0.15) is 12.4 Å². The molecule has 34 heavy (non-hydrogen) atoms. The Bertz CT molecular complexity index is 1280. The smallest absolute Gasteiger partial charge is 0.409 e. The summed E-state index contributed by atoms with van der Waals surface area (Å²) in [4.78, 5) is 12.3. The second-order valence-corrected chi connectivity index (χ2v) is 8.63. The normalized spacial score (nSPS) is 12.1. The molecule has 0 bridgehead atoms. The van der Waals surface area contributed by atoms with Crippen LogP contribution in [0.2, 0.25) is 0 Å². The Labute approximate surface area is 200 Å². The molecule has 0 atom stereocenters. The lowest BCUT2D eigenvalue weighted by Crippen LogP contribution is -2.29. The van der Waals surface area contributed by atoms with Crippen LogP contribution in [0.5, 0.6) is 5.75 Å². The third-order valence-electron chi connectivity index (χ3n) is 6.35. The third-order valence-corrected chi connectivity index (χ3v) is 6.35. The van der Waals surface area contributed by atoms with E-state index >= 15 is 0 Å². The molecular formula is C30H27NO3. The summed E-state index contributed by atoms with van der Waals surface area (Å²) in [6.07, 6.45) is -0.492. The number of fused-ring (bicyclic) bond motifs is 3. The minimum Gasteiger partial charge on any atom is -0.473 e. The van der Waals surface area contributed by atoms with E-state index in [9.17, 15) is 4.79 Å². The Morgan fingerprint density at radius 1 is 0.794 bits per heavy atom. The van der Waals surface area contributed by atoms with Crippen LogP contribution in [0.4, 0.5) is 4.79 Å². The van der Waals surface area contributed by atoms with Crippen molar-refractivity contribution >= 4 is 6.09 Å². The molecule has 1 aliphatic rings. The molecule has 1 N–H and O–H groups in total. The number of rotatable bonds is 6. The van der Waals surface area contributed by atoms with E-state index in [2.05, 4.69) is 61.6 Å². The summed E-state index contributed by atoms with van der Waals surface area (Å²) in [6, 6.07) is 30.9. The molecule has 1 amide bonds. The van der Waals surface area contributed by atoms with Crippen LogP contribution in [-0.4, -0.2) is 19.4 Å². The maximum atomic E-state index is 12.3. The van der Waals surface area contributed by atoms with E-state index in [1.54, 1.807) is 0 Å². The van der Waals surface area contributed by atoms with Crippen LogP contribution in [-0.2, 0) is 4.74 Å². The summed E-state index contributed by atoms with van der Waals surface area (Å²) < 4.78 is 11.2. The summed E-state index contributed by atoms with van der Waals surface area (Å²) in [5.74, 6) is 0.726. The van der Waals surface area contributed by atoms with E-state index in [4.69, 9.17) is 9.47 Å². The fourth-order valence-corrected chi connectivity index (χ4v) is 4.70. The first kappa shape index (κ1) is 21.8. The van der Waals surface area contributed by atoms with Gasteiger partial charge in [-0.3, -0.25) is 5.32 Å². The van der Waals surface area contributed by atoms with Crippen molar-refractivity contribution in [3.8, 4) is 28.0 Å². The maximum absolute atomic E-state index is 12.3. The van der Waals surface area contributed by atoms with Gasteiger partial charge in [0.15, 0.2) is 6.73 Å². The van der Waals surface area contributed by atoms with Crippen LogP contribution >= 0.6 is 0 Å². The summed E-state index contributed by atoms with van der Waals surface area (Å²) in [7, 11) is 0. The first-order chi connectivity index (χ1) is 16.6. The van der Waals surface area contributed by atoms with Crippen LogP contribution in [0.25, 0.3) is 22.3 Å². The lowest BCUT2D eigenvalue weighted by atomic mass is 9.98. The number of nitrogens with one attached hydrogen (secondary N) is 1. The number of benzene rings is 4. The monoisotopic (exact) mass is 449 g/mol. The molecular weight excluding hydrogens is 422 g/mol. The predicted octanol–water partition coefficient (Wildman–Crippen LogP) is 6.85. The van der Waals surface area contributed by atoms with Gasteiger partial charge in [0.2, 0.25) is 0 Å². The molecule has 0 aliphatic heterocycles. The van der Waals surface area contributed by atoms with Gasteiger partial charge in [0, 0.05) is 5.92 Å². The van der Waals surface area contributed by atoms with Gasteiger partial charge in [-0.15, -0.1) is 0 Å². The topological polar surface area (TPSA) is 47.6 Å². The zero-order valence-corrected chi connectivity index (χ0v) is 19.4. The highest BCUT2D eigenvalue weighted by Crippen LogP contribution is 2.44. The largest absolute Gasteiger partial charge is 0.473 e. The number of alkyl carbamates (subject to hydrolysis) is 1. The lowest BCUT2D eigenvalue weighted by Gasteiger charge is -2.15. The molecule has 0 aromatic heterocycles. The van der Waals surface area contributed by atoms with Gasteiger partial charge in [-0.25, -0.2) is 4.79 Å². The van der Waals surface area contributed by atoms with Crippen LogP contribution < -0.4 is 10.1 Å². The zero-order valence-electron chi connectivity index (χ0n) is 19.4. The standard InChI is InChI=1S/C30H27NO3/c1-20-11-16-24(21(2)17-20)22-12-14-23(15-13-22)34-19-31-30(32)33-18-29-27-9-5-3-7-25(27)26-8-4-6-10-28(26)29/h3-17,29H,18-19H2,1-2H3,(H,31,32). The maximum Gasteiger partial charge on any atom is 0.409 e. The van der Waals surface area contributed by atoms with Crippen LogP contribution in [0.15, 0.2) is 91.0 Å². The molecule has 4 aromatic rings. The van der Waals surface area contributed by atoms with Gasteiger partial charge < -0.3 is 9.47 Å². The van der Waals surface area contributed by atoms with Gasteiger partial charge in [-0.2, -0.15) is 0 Å². The van der Waals surface area contributed by atoms with Crippen molar-refractivity contribution < 1.29 is 14.3 Å². The molecule has 5 rings (SSSR count). The second-order valence-electron chi connectivity index (χ2n) is 8.63. The molecule has 0 fully saturated rings. The number of carbonyl (C=O) groups excluding carboxylic acids is 1. The molecule has 0 saturated carbocycles. The van der Waals surface area contributed by atoms with Gasteiger partial charge >= 0.3 is 6.09 Å². The van der Waals surface area contributed by atoms with E-state index in [0.29, 0.717) is 5.75 Å². The number of hydrogen-bond donors (Lipinski definition) is 1. The zero-order chi connectivity index (χ0) is 23.5. The molecule has 1 aliphatic carbocycles. The summed E-state index contributed by atoms with van der Waals surface area (Å²) in [5.41, 5.74) is 9.63. The fourth-order valence-electron chi connectivity index (χ4n) is 4.70. The molecule has 170 valence electrons. The predicted molar refractivity (Wildman–Crippen MR) is 135 cm³/mol. The third kappa shape index (κ3) is 4.40. The van der Waals surface area contributed by atoms with Gasteiger partial charge in [0.05, 0.1) is 0 Å². The van der Waals surface area contributed by atoms with Crippen LogP contribution in [0.3, 0.4) is 0 Å². The quantitative estimate of drug-likeness (QED) is 0.328. The Balaban J connectivity index is 1.14. The summed E-state index contributed by atoms with van der Waals surface area (Å²) >= 11 is 0. The minimum absolute atomic E-state index is 0.0387. The number of aryl methyl sites for hydroxylation is 2. The van der Waals surface area contributed by atoms with E-state index < -0.39 is 6.09 Å². The van der Waals surface area contributed by atoms with Crippen molar-refractivity contribution in [3.63, 3.8) is 0 Å². The van der Waals surface area contributed by atoms with Crippen molar-refractivity contribution in [1.29, 1.82) is 0 Å². The fraction of sp³-hybridized carbons (Fsp3) is 0.167. The Kier molecular flexibility index (Phi) is 6.05. The Morgan fingerprint density at radius 3 is 2.09 bits per heavy atom. The number of carbonyl (C=O) groups is 1. The highest BCUT2D eigenvalue weighted by Gasteiger charge is 2.28. The van der Waals surface area contributed by atoms with Crippen molar-refractivity contribution in [2.24, 2.45) is 0 Å². The van der Waals surface area contributed by atoms with Crippen molar-refractivity contribution in [2.45, 2.75) is 19.8 Å². The van der Waals surface area contributed by atoms with Gasteiger partial charge in [-0.05, 0) is 64.9 Å². The summed E-state index contributed by atoms with van der Waals surface area (Å²) in [6.45, 7) is 4.53. The van der Waals surface area contributed by atoms with Gasteiger partial charge in [0.25, 0.3) is 0 Å². The lowest BCUT2D eigenvalue weighted by molar-refractivity contribution is 0.133. The number of amides is 1. The van der Waals surface area contributed by atoms with Crippen LogP contribution in [0.1, 0.15) is 28.2 Å². The summed E-state index contributed by atoms with van der Waals surface area (Å²) in [5, 5.41) is 2.68. The Morgan fingerprint density at radius 2 is 1.44 bits per heavy atom. The van der Waals surface area contributed by atoms with Crippen LogP contribution in [0, 0.1) is 13.8 Å². The molecule has 0 unspecified atom stereocenters. The van der Waals surface area contributed by atoms with Crippen molar-refractivity contribution in [3.05, 3.63) is 113 Å². The molecule has 0 heterocycles. The molecule has 4 aromatic carbocycles. The molecule has 0 saturated heterocycles. The van der Waals surface area contributed by atoms with Gasteiger partial charge in [-0.1, -0.05) is 84.4 Å². The molecule has 0 radical (unpaired) electrons. The molecule has 4 heteroatoms. The Hall–Kier alpha value is -4.05. The van der Waals surface area contributed by atoms with E-state index in [-0.39, 0.29) is 19.3 Å². The second kappa shape index (κ2) is 9.44. The average molecular weight is 450 g/mol. The molecule has 4 nitrogen and oxygen atoms in total. The van der Waals surface area contributed by atoms with E-state index in [1.165, 1.54) is 38.9 Å². The SMILES string of the molecule is Cc1ccc(-c2ccc(OCNC(=O)OCC3c4ccccc4-c4ccccc43)cc2)c(C)c1. The van der Waals surface area contributed by atoms with E-state index in [0.717, 1.165) is 5.56 Å². The first-order valence-corrected chi connectivity index (χ1v) is 11.5. The highest BCUT2D eigenvalue weighted by atomic mass is 16.6. The van der Waals surface area contributed by atoms with Crippen molar-refractivity contribution in [1.82, 2.24) is 5.32 Å². The van der Waals surface area contributed by atoms with E-state index in [1.807, 2.05) is 48.5 Å². The van der Waals surface area contributed by atoms with Crippen molar-refractivity contribution in [2.75, 3.05) is 13.3 Å². The minimum atomic E-state index is -0.492.